The Kier molecular flexibility index (Phi) is 5.47. The van der Waals surface area contributed by atoms with Crippen molar-refractivity contribution < 1.29 is 18.8 Å². The van der Waals surface area contributed by atoms with E-state index in [9.17, 15) is 14.4 Å². The molecule has 30 heavy (non-hydrogen) atoms. The third kappa shape index (κ3) is 4.17. The summed E-state index contributed by atoms with van der Waals surface area (Å²) in [5.74, 6) is -0.0423. The Morgan fingerprint density at radius 1 is 0.933 bits per heavy atom. The number of hydrogen-bond donors (Lipinski definition) is 2. The van der Waals surface area contributed by atoms with Gasteiger partial charge in [0.1, 0.15) is 18.8 Å². The molecule has 1 aliphatic rings. The number of nitrogens with zero attached hydrogens (tertiary/aromatic N) is 2. The zero-order valence-corrected chi connectivity index (χ0v) is 16.1. The SMILES string of the molecule is O=C(CN1C(=O)CN(C(=O)Nc2ccccc2)c2ccccc21)NCc1ccco1. The van der Waals surface area contributed by atoms with Crippen molar-refractivity contribution in [3.05, 3.63) is 78.8 Å². The number of furan rings is 1. The maximum absolute atomic E-state index is 12.8. The second-order valence-electron chi connectivity index (χ2n) is 6.71. The van der Waals surface area contributed by atoms with E-state index in [1.54, 1.807) is 48.5 Å². The van der Waals surface area contributed by atoms with Gasteiger partial charge in [0.2, 0.25) is 11.8 Å². The molecule has 1 aliphatic heterocycles. The van der Waals surface area contributed by atoms with E-state index in [1.165, 1.54) is 16.1 Å². The number of fused-ring (bicyclic) bond motifs is 1. The third-order valence-electron chi connectivity index (χ3n) is 4.67. The van der Waals surface area contributed by atoms with Crippen molar-refractivity contribution in [1.29, 1.82) is 0 Å². The van der Waals surface area contributed by atoms with Gasteiger partial charge in [-0.05, 0) is 36.4 Å². The number of urea groups is 1. The molecule has 0 saturated heterocycles. The highest BCUT2D eigenvalue weighted by Gasteiger charge is 2.33. The minimum absolute atomic E-state index is 0.148. The van der Waals surface area contributed by atoms with Crippen LogP contribution in [0.25, 0.3) is 0 Å². The van der Waals surface area contributed by atoms with Gasteiger partial charge in [0.05, 0.1) is 24.2 Å². The average molecular weight is 404 g/mol. The van der Waals surface area contributed by atoms with Crippen LogP contribution in [0.4, 0.5) is 21.9 Å². The summed E-state index contributed by atoms with van der Waals surface area (Å²) in [5, 5.41) is 5.52. The maximum Gasteiger partial charge on any atom is 0.326 e. The van der Waals surface area contributed by atoms with E-state index in [2.05, 4.69) is 10.6 Å². The lowest BCUT2D eigenvalue weighted by molar-refractivity contribution is -0.123. The summed E-state index contributed by atoms with van der Waals surface area (Å²) in [6.07, 6.45) is 1.53. The predicted molar refractivity (Wildman–Crippen MR) is 112 cm³/mol. The van der Waals surface area contributed by atoms with Gasteiger partial charge in [-0.25, -0.2) is 4.79 Å². The second kappa shape index (κ2) is 8.52. The van der Waals surface area contributed by atoms with E-state index in [1.807, 2.05) is 18.2 Å². The van der Waals surface area contributed by atoms with E-state index in [0.717, 1.165) is 0 Å². The molecule has 0 unspecified atom stereocenters. The summed E-state index contributed by atoms with van der Waals surface area (Å²) in [4.78, 5) is 40.7. The van der Waals surface area contributed by atoms with Gasteiger partial charge < -0.3 is 15.1 Å². The molecule has 0 bridgehead atoms. The molecule has 0 atom stereocenters. The largest absolute Gasteiger partial charge is 0.467 e. The quantitative estimate of drug-likeness (QED) is 0.684. The number of hydrogen-bond acceptors (Lipinski definition) is 4. The Morgan fingerprint density at radius 2 is 1.67 bits per heavy atom. The van der Waals surface area contributed by atoms with E-state index in [4.69, 9.17) is 4.42 Å². The van der Waals surface area contributed by atoms with Crippen molar-refractivity contribution in [3.63, 3.8) is 0 Å². The Labute approximate surface area is 173 Å². The molecule has 3 aromatic rings. The van der Waals surface area contributed by atoms with Crippen LogP contribution >= 0.6 is 0 Å². The summed E-state index contributed by atoms with van der Waals surface area (Å²) in [6.45, 7) is -0.0764. The van der Waals surface area contributed by atoms with E-state index >= 15 is 0 Å². The normalized spacial score (nSPS) is 13.0. The Bertz CT molecular complexity index is 1050. The highest BCUT2D eigenvalue weighted by molar-refractivity contribution is 6.14. The van der Waals surface area contributed by atoms with E-state index < -0.39 is 6.03 Å². The first-order valence-corrected chi connectivity index (χ1v) is 9.44. The van der Waals surface area contributed by atoms with E-state index in [0.29, 0.717) is 22.8 Å². The Balaban J connectivity index is 1.49. The number of carbonyl (C=O) groups is 3. The van der Waals surface area contributed by atoms with Gasteiger partial charge in [-0.1, -0.05) is 30.3 Å². The fourth-order valence-corrected chi connectivity index (χ4v) is 3.23. The van der Waals surface area contributed by atoms with Gasteiger partial charge in [0, 0.05) is 5.69 Å². The van der Waals surface area contributed by atoms with Crippen molar-refractivity contribution in [1.82, 2.24) is 5.32 Å². The lowest BCUT2D eigenvalue weighted by Gasteiger charge is -2.35. The van der Waals surface area contributed by atoms with Crippen LogP contribution < -0.4 is 20.4 Å². The summed E-state index contributed by atoms with van der Waals surface area (Å²) in [5.41, 5.74) is 1.70. The van der Waals surface area contributed by atoms with Gasteiger partial charge in [-0.15, -0.1) is 0 Å². The molecule has 4 amide bonds. The van der Waals surface area contributed by atoms with Gasteiger partial charge in [-0.2, -0.15) is 0 Å². The molecule has 0 radical (unpaired) electrons. The molecule has 152 valence electrons. The minimum atomic E-state index is -0.413. The average Bonchev–Trinajstić information content (AvgIpc) is 3.28. The Morgan fingerprint density at radius 3 is 2.40 bits per heavy atom. The number of anilines is 3. The molecule has 2 heterocycles. The molecular formula is C22H20N4O4. The summed E-state index contributed by atoms with van der Waals surface area (Å²) >= 11 is 0. The molecule has 0 fully saturated rings. The molecule has 1 aromatic heterocycles. The van der Waals surface area contributed by atoms with Crippen LogP contribution in [0.1, 0.15) is 5.76 Å². The molecule has 2 aromatic carbocycles. The summed E-state index contributed by atoms with van der Waals surface area (Å²) < 4.78 is 5.19. The van der Waals surface area contributed by atoms with Gasteiger partial charge in [-0.3, -0.25) is 19.4 Å². The minimum Gasteiger partial charge on any atom is -0.467 e. The summed E-state index contributed by atoms with van der Waals surface area (Å²) in [6, 6.07) is 19.1. The lowest BCUT2D eigenvalue weighted by Crippen LogP contribution is -2.51. The highest BCUT2D eigenvalue weighted by atomic mass is 16.3. The smallest absolute Gasteiger partial charge is 0.326 e. The molecule has 8 nitrogen and oxygen atoms in total. The van der Waals surface area contributed by atoms with Crippen LogP contribution in [0.5, 0.6) is 0 Å². The number of benzene rings is 2. The molecule has 0 aliphatic carbocycles. The number of nitrogens with one attached hydrogen (secondary N) is 2. The molecule has 0 spiro atoms. The zero-order valence-electron chi connectivity index (χ0n) is 16.1. The number of amides is 4. The standard InChI is InChI=1S/C22H20N4O4/c27-20(23-13-17-9-6-12-30-17)14-25-18-10-4-5-11-19(18)26(15-21(25)28)22(29)24-16-7-2-1-3-8-16/h1-12H,13-15H2,(H,23,27)(H,24,29). The molecule has 0 saturated carbocycles. The van der Waals surface area contributed by atoms with Crippen LogP contribution in [0.3, 0.4) is 0 Å². The van der Waals surface area contributed by atoms with Gasteiger partial charge >= 0.3 is 6.03 Å². The van der Waals surface area contributed by atoms with Crippen molar-refractivity contribution in [2.75, 3.05) is 28.2 Å². The Hall–Kier alpha value is -4.07. The van der Waals surface area contributed by atoms with Crippen molar-refractivity contribution in [2.24, 2.45) is 0 Å². The van der Waals surface area contributed by atoms with Crippen LogP contribution in [0.15, 0.2) is 77.4 Å². The molecule has 4 rings (SSSR count). The fourth-order valence-electron chi connectivity index (χ4n) is 3.23. The third-order valence-corrected chi connectivity index (χ3v) is 4.67. The molecule has 2 N–H and O–H groups in total. The van der Waals surface area contributed by atoms with Crippen molar-refractivity contribution >= 4 is 34.9 Å². The number of para-hydroxylation sites is 3. The summed E-state index contributed by atoms with van der Waals surface area (Å²) in [7, 11) is 0. The van der Waals surface area contributed by atoms with Gasteiger partial charge in [0.15, 0.2) is 0 Å². The first kappa shape index (κ1) is 19.3. The topological polar surface area (TPSA) is 94.9 Å². The first-order chi connectivity index (χ1) is 14.6. The lowest BCUT2D eigenvalue weighted by atomic mass is 10.1. The number of carbonyl (C=O) groups excluding carboxylic acids is 3. The van der Waals surface area contributed by atoms with Crippen molar-refractivity contribution in [3.8, 4) is 0 Å². The van der Waals surface area contributed by atoms with Gasteiger partial charge in [0.25, 0.3) is 0 Å². The predicted octanol–water partition coefficient (Wildman–Crippen LogP) is 2.98. The highest BCUT2D eigenvalue weighted by Crippen LogP contribution is 2.33. The number of rotatable bonds is 5. The second-order valence-corrected chi connectivity index (χ2v) is 6.71. The van der Waals surface area contributed by atoms with Crippen molar-refractivity contribution in [2.45, 2.75) is 6.54 Å². The van der Waals surface area contributed by atoms with Crippen LogP contribution in [-0.2, 0) is 16.1 Å². The fraction of sp³-hybridized carbons (Fsp3) is 0.136. The molecular weight excluding hydrogens is 384 g/mol. The maximum atomic E-state index is 12.8. The van der Waals surface area contributed by atoms with E-state index in [-0.39, 0.29) is 31.4 Å². The zero-order chi connectivity index (χ0) is 20.9. The first-order valence-electron chi connectivity index (χ1n) is 9.44. The van der Waals surface area contributed by atoms with Crippen LogP contribution in [0.2, 0.25) is 0 Å². The van der Waals surface area contributed by atoms with Crippen LogP contribution in [-0.4, -0.2) is 30.9 Å². The van der Waals surface area contributed by atoms with Crippen LogP contribution in [0, 0.1) is 0 Å². The monoisotopic (exact) mass is 404 g/mol. The molecule has 8 heteroatoms.